The Morgan fingerprint density at radius 3 is 2.57 bits per heavy atom. The number of nitrogens with one attached hydrogen (secondary N) is 1. The van der Waals surface area contributed by atoms with Gasteiger partial charge in [0.1, 0.15) is 23.1 Å². The van der Waals surface area contributed by atoms with Gasteiger partial charge in [0.15, 0.2) is 0 Å². The number of carbonyl (C=O) groups excluding carboxylic acids is 2. The Kier molecular flexibility index (Phi) is 8.80. The Labute approximate surface area is 241 Å². The number of hydrogen-bond acceptors (Lipinski definition) is 5. The zero-order valence-electron chi connectivity index (χ0n) is 20.3. The zero-order valence-corrected chi connectivity index (χ0v) is 23.1. The molecular formula is C28H24ClFNNaO5. The number of hydrogen-bond donors (Lipinski definition) is 1. The predicted octanol–water partition coefficient (Wildman–Crippen LogP) is 1.96. The fourth-order valence-electron chi connectivity index (χ4n) is 4.96. The Morgan fingerprint density at radius 1 is 1.05 bits per heavy atom. The van der Waals surface area contributed by atoms with Gasteiger partial charge in [-0.05, 0) is 79.6 Å². The molecule has 186 valence electrons. The number of benzene rings is 3. The van der Waals surface area contributed by atoms with Crippen molar-refractivity contribution in [2.45, 2.75) is 43.6 Å². The second-order valence-corrected chi connectivity index (χ2v) is 9.60. The monoisotopic (exact) mass is 531 g/mol. The first-order valence-electron chi connectivity index (χ1n) is 11.9. The van der Waals surface area contributed by atoms with Crippen molar-refractivity contribution in [2.24, 2.45) is 0 Å². The molecule has 1 aliphatic carbocycles. The van der Waals surface area contributed by atoms with Crippen LogP contribution in [0.5, 0.6) is 17.2 Å². The van der Waals surface area contributed by atoms with Crippen molar-refractivity contribution < 1.29 is 58.1 Å². The second kappa shape index (κ2) is 11.9. The molecule has 5 rings (SSSR count). The SMILES string of the molecule is O=C(NC1CCC(c2cccc(F)c2)C1)c1ccc(Oc2cc3c(cc2Cl)C(C(=O)[O-])CCO3)cc1.[Na+]. The minimum Gasteiger partial charge on any atom is -0.549 e. The van der Waals surface area contributed by atoms with Gasteiger partial charge < -0.3 is 24.7 Å². The summed E-state index contributed by atoms with van der Waals surface area (Å²) in [6.07, 6.45) is 2.83. The summed E-state index contributed by atoms with van der Waals surface area (Å²) in [7, 11) is 0. The minimum absolute atomic E-state index is 0. The third-order valence-corrected chi connectivity index (χ3v) is 7.12. The maximum Gasteiger partial charge on any atom is 1.00 e. The van der Waals surface area contributed by atoms with Crippen molar-refractivity contribution >= 4 is 23.5 Å². The van der Waals surface area contributed by atoms with Gasteiger partial charge in [-0.1, -0.05) is 23.7 Å². The van der Waals surface area contributed by atoms with Crippen LogP contribution in [0.2, 0.25) is 5.02 Å². The van der Waals surface area contributed by atoms with Crippen LogP contribution in [-0.2, 0) is 4.79 Å². The standard InChI is InChI=1S/C28H25ClFNO5.Na/c29-24-14-23-22(28(33)34)10-11-35-25(23)15-26(24)36-21-8-5-16(6-9-21)27(32)31-20-7-4-18(13-20)17-2-1-3-19(30)12-17;/h1-3,5-6,8-9,12,14-15,18,20,22H,4,7,10-11,13H2,(H,31,32)(H,33,34);/q;+1/p-1. The van der Waals surface area contributed by atoms with Gasteiger partial charge in [-0.25, -0.2) is 4.39 Å². The van der Waals surface area contributed by atoms with Crippen LogP contribution < -0.4 is 49.5 Å². The molecule has 1 heterocycles. The molecule has 6 nitrogen and oxygen atoms in total. The molecule has 3 aromatic carbocycles. The molecule has 9 heteroatoms. The summed E-state index contributed by atoms with van der Waals surface area (Å²) >= 11 is 6.34. The quantitative estimate of drug-likeness (QED) is 0.491. The summed E-state index contributed by atoms with van der Waals surface area (Å²) in [5.74, 6) is -0.947. The van der Waals surface area contributed by atoms with Crippen LogP contribution in [0.1, 0.15) is 59.0 Å². The topological polar surface area (TPSA) is 87.7 Å². The largest absolute Gasteiger partial charge is 1.00 e. The number of amides is 1. The third kappa shape index (κ3) is 6.29. The van der Waals surface area contributed by atoms with Crippen molar-refractivity contribution in [3.05, 3.63) is 88.2 Å². The molecule has 3 atom stereocenters. The fraction of sp³-hybridized carbons (Fsp3) is 0.286. The molecule has 1 aliphatic heterocycles. The molecule has 3 unspecified atom stereocenters. The average molecular weight is 532 g/mol. The summed E-state index contributed by atoms with van der Waals surface area (Å²) in [5, 5.41) is 14.7. The molecule has 1 amide bonds. The number of halogens is 2. The van der Waals surface area contributed by atoms with Crippen molar-refractivity contribution in [2.75, 3.05) is 6.61 Å². The number of aliphatic carboxylic acids is 1. The summed E-state index contributed by atoms with van der Waals surface area (Å²) in [6.45, 7) is 0.264. The van der Waals surface area contributed by atoms with Crippen molar-refractivity contribution in [1.82, 2.24) is 5.32 Å². The minimum atomic E-state index is -1.17. The average Bonchev–Trinajstić information content (AvgIpc) is 3.33. The van der Waals surface area contributed by atoms with Gasteiger partial charge in [-0.3, -0.25) is 4.79 Å². The van der Waals surface area contributed by atoms with Gasteiger partial charge in [-0.2, -0.15) is 0 Å². The maximum absolute atomic E-state index is 13.5. The fourth-order valence-corrected chi connectivity index (χ4v) is 5.17. The van der Waals surface area contributed by atoms with Crippen LogP contribution in [0.4, 0.5) is 4.39 Å². The summed E-state index contributed by atoms with van der Waals surface area (Å²) in [5.41, 5.74) is 1.93. The Hall–Kier alpha value is -2.58. The molecule has 1 fully saturated rings. The van der Waals surface area contributed by atoms with Gasteiger partial charge in [0.2, 0.25) is 0 Å². The van der Waals surface area contributed by atoms with E-state index in [1.54, 1.807) is 42.5 Å². The summed E-state index contributed by atoms with van der Waals surface area (Å²) in [4.78, 5) is 24.2. The Bertz CT molecular complexity index is 1300. The van der Waals surface area contributed by atoms with E-state index in [2.05, 4.69) is 5.32 Å². The smallest absolute Gasteiger partial charge is 0.549 e. The molecular weight excluding hydrogens is 508 g/mol. The third-order valence-electron chi connectivity index (χ3n) is 6.82. The predicted molar refractivity (Wildman–Crippen MR) is 130 cm³/mol. The van der Waals surface area contributed by atoms with Crippen LogP contribution in [0.15, 0.2) is 60.7 Å². The van der Waals surface area contributed by atoms with E-state index in [0.29, 0.717) is 34.8 Å². The molecule has 1 saturated carbocycles. The van der Waals surface area contributed by atoms with E-state index in [4.69, 9.17) is 21.1 Å². The number of carbonyl (C=O) groups is 2. The van der Waals surface area contributed by atoms with Crippen molar-refractivity contribution in [3.8, 4) is 17.2 Å². The number of rotatable bonds is 6. The molecule has 0 radical (unpaired) electrons. The summed E-state index contributed by atoms with van der Waals surface area (Å²) < 4.78 is 25.0. The number of fused-ring (bicyclic) bond motifs is 1. The van der Waals surface area contributed by atoms with Crippen molar-refractivity contribution in [1.29, 1.82) is 0 Å². The molecule has 1 N–H and O–H groups in total. The first-order valence-corrected chi connectivity index (χ1v) is 12.3. The van der Waals surface area contributed by atoms with E-state index < -0.39 is 11.9 Å². The Morgan fingerprint density at radius 2 is 1.84 bits per heavy atom. The molecule has 2 aliphatic rings. The number of carboxylic acids is 1. The van der Waals surface area contributed by atoms with Gasteiger partial charge in [-0.15, -0.1) is 0 Å². The molecule has 3 aromatic rings. The van der Waals surface area contributed by atoms with E-state index in [1.807, 2.05) is 6.07 Å². The molecule has 0 aromatic heterocycles. The Balaban J connectivity index is 0.00000320. The first kappa shape index (κ1) is 27.5. The van der Waals surface area contributed by atoms with E-state index in [-0.39, 0.29) is 64.9 Å². The van der Waals surface area contributed by atoms with E-state index >= 15 is 0 Å². The van der Waals surface area contributed by atoms with E-state index in [0.717, 1.165) is 24.8 Å². The van der Waals surface area contributed by atoms with Gasteiger partial charge in [0.25, 0.3) is 5.91 Å². The normalized spacial score (nSPS) is 20.2. The molecule has 37 heavy (non-hydrogen) atoms. The van der Waals surface area contributed by atoms with Gasteiger partial charge in [0.05, 0.1) is 11.6 Å². The van der Waals surface area contributed by atoms with Crippen LogP contribution >= 0.6 is 11.6 Å². The van der Waals surface area contributed by atoms with Gasteiger partial charge >= 0.3 is 29.6 Å². The number of carboxylic acid groups (broad SMARTS) is 1. The second-order valence-electron chi connectivity index (χ2n) is 9.19. The van der Waals surface area contributed by atoms with Crippen LogP contribution in [-0.4, -0.2) is 24.5 Å². The van der Waals surface area contributed by atoms with Crippen LogP contribution in [0, 0.1) is 5.82 Å². The number of ether oxygens (including phenoxy) is 2. The summed E-state index contributed by atoms with van der Waals surface area (Å²) in [6, 6.07) is 16.4. The maximum atomic E-state index is 13.5. The van der Waals surface area contributed by atoms with Crippen LogP contribution in [0.25, 0.3) is 0 Å². The molecule has 0 saturated heterocycles. The van der Waals surface area contributed by atoms with Gasteiger partial charge in [0, 0.05) is 35.1 Å². The molecule has 0 spiro atoms. The zero-order chi connectivity index (χ0) is 25.2. The van der Waals surface area contributed by atoms with Crippen LogP contribution in [0.3, 0.4) is 0 Å². The van der Waals surface area contributed by atoms with Crippen molar-refractivity contribution in [3.63, 3.8) is 0 Å². The molecule has 0 bridgehead atoms. The van der Waals surface area contributed by atoms with E-state index in [9.17, 15) is 19.1 Å². The first-order chi connectivity index (χ1) is 17.4. The van der Waals surface area contributed by atoms with E-state index in [1.165, 1.54) is 12.1 Å².